The molecule has 1 aromatic carbocycles. The van der Waals surface area contributed by atoms with E-state index in [1.54, 1.807) is 0 Å². The van der Waals surface area contributed by atoms with E-state index < -0.39 is 6.10 Å². The fourth-order valence-corrected chi connectivity index (χ4v) is 2.08. The number of azide groups is 1. The summed E-state index contributed by atoms with van der Waals surface area (Å²) in [6.07, 6.45) is 0.503. The Morgan fingerprint density at radius 1 is 1.35 bits per heavy atom. The van der Waals surface area contributed by atoms with E-state index in [4.69, 9.17) is 10.3 Å². The quantitative estimate of drug-likeness (QED) is 0.492. The van der Waals surface area contributed by atoms with Crippen molar-refractivity contribution in [3.05, 3.63) is 46.3 Å². The number of aliphatic hydroxyl groups is 1. The minimum absolute atomic E-state index is 0.231. The minimum Gasteiger partial charge on any atom is -0.390 e. The molecule has 2 rings (SSSR count). The molecular weight excluding hydrogens is 218 g/mol. The summed E-state index contributed by atoms with van der Waals surface area (Å²) in [7, 11) is 0. The molecule has 1 saturated carbocycles. The molecule has 0 heterocycles. The standard InChI is InChI=1S/C12H15N3O2/c13-15-14-10-6-7-11(12(10)16)17-8-9-4-2-1-3-5-9/h1-5,10-12,16H,6-8H2/t10-,11-,12+/m0/s1. The van der Waals surface area contributed by atoms with E-state index in [1.807, 2.05) is 30.3 Å². The Labute approximate surface area is 99.7 Å². The third-order valence-corrected chi connectivity index (χ3v) is 3.03. The van der Waals surface area contributed by atoms with Crippen LogP contribution in [0.1, 0.15) is 18.4 Å². The Kier molecular flexibility index (Phi) is 3.98. The van der Waals surface area contributed by atoms with E-state index in [9.17, 15) is 5.11 Å². The lowest BCUT2D eigenvalue weighted by atomic mass is 10.2. The monoisotopic (exact) mass is 233 g/mol. The lowest BCUT2D eigenvalue weighted by Crippen LogP contribution is -2.29. The summed E-state index contributed by atoms with van der Waals surface area (Å²) >= 11 is 0. The Morgan fingerprint density at radius 2 is 2.12 bits per heavy atom. The number of ether oxygens (including phenoxy) is 1. The number of hydrogen-bond donors (Lipinski definition) is 1. The first-order valence-electron chi connectivity index (χ1n) is 5.69. The second-order valence-electron chi connectivity index (χ2n) is 4.18. The van der Waals surface area contributed by atoms with Gasteiger partial charge in [-0.3, -0.25) is 0 Å². The van der Waals surface area contributed by atoms with Gasteiger partial charge in [-0.1, -0.05) is 35.4 Å². The molecule has 0 unspecified atom stereocenters. The van der Waals surface area contributed by atoms with E-state index in [2.05, 4.69) is 10.0 Å². The molecule has 17 heavy (non-hydrogen) atoms. The molecule has 1 fully saturated rings. The smallest absolute Gasteiger partial charge is 0.0886 e. The maximum absolute atomic E-state index is 9.87. The second kappa shape index (κ2) is 5.68. The van der Waals surface area contributed by atoms with Gasteiger partial charge in [-0.15, -0.1) is 0 Å². The summed E-state index contributed by atoms with van der Waals surface area (Å²) < 4.78 is 5.64. The number of hydrogen-bond acceptors (Lipinski definition) is 3. The van der Waals surface area contributed by atoms with Gasteiger partial charge in [0.1, 0.15) is 0 Å². The van der Waals surface area contributed by atoms with Crippen molar-refractivity contribution >= 4 is 0 Å². The van der Waals surface area contributed by atoms with Gasteiger partial charge in [0.2, 0.25) is 0 Å². The SMILES string of the molecule is [N-]=[N+]=N[C@H]1CC[C@H](OCc2ccccc2)[C@@H]1O. The molecule has 1 aliphatic carbocycles. The van der Waals surface area contributed by atoms with Crippen LogP contribution in [0.25, 0.3) is 10.4 Å². The van der Waals surface area contributed by atoms with Gasteiger partial charge in [0, 0.05) is 4.91 Å². The molecule has 0 aliphatic heterocycles. The lowest BCUT2D eigenvalue weighted by molar-refractivity contribution is -0.0312. The van der Waals surface area contributed by atoms with Crippen LogP contribution in [0.15, 0.2) is 35.4 Å². The van der Waals surface area contributed by atoms with E-state index in [0.717, 1.165) is 12.0 Å². The maximum atomic E-state index is 9.87. The molecule has 3 atom stereocenters. The van der Waals surface area contributed by atoms with Crippen LogP contribution in [-0.4, -0.2) is 23.4 Å². The molecule has 5 heteroatoms. The highest BCUT2D eigenvalue weighted by atomic mass is 16.5. The molecule has 90 valence electrons. The van der Waals surface area contributed by atoms with Crippen molar-refractivity contribution in [2.75, 3.05) is 0 Å². The normalized spacial score (nSPS) is 27.7. The van der Waals surface area contributed by atoms with Crippen LogP contribution >= 0.6 is 0 Å². The van der Waals surface area contributed by atoms with Crippen LogP contribution in [-0.2, 0) is 11.3 Å². The fraction of sp³-hybridized carbons (Fsp3) is 0.500. The minimum atomic E-state index is -0.686. The average Bonchev–Trinajstić information content (AvgIpc) is 2.70. The van der Waals surface area contributed by atoms with Gasteiger partial charge in [-0.25, -0.2) is 0 Å². The van der Waals surface area contributed by atoms with Crippen molar-refractivity contribution in [2.45, 2.75) is 37.7 Å². The molecule has 5 nitrogen and oxygen atoms in total. The van der Waals surface area contributed by atoms with Gasteiger partial charge < -0.3 is 9.84 Å². The molecule has 0 spiro atoms. The van der Waals surface area contributed by atoms with E-state index >= 15 is 0 Å². The molecule has 0 saturated heterocycles. The topological polar surface area (TPSA) is 78.2 Å². The number of rotatable bonds is 4. The highest BCUT2D eigenvalue weighted by Crippen LogP contribution is 2.26. The van der Waals surface area contributed by atoms with Crippen LogP contribution < -0.4 is 0 Å². The van der Waals surface area contributed by atoms with Gasteiger partial charge in [-0.05, 0) is 23.9 Å². The Balaban J connectivity index is 1.87. The van der Waals surface area contributed by atoms with Crippen molar-refractivity contribution in [3.63, 3.8) is 0 Å². The Bertz CT molecular complexity index is 403. The largest absolute Gasteiger partial charge is 0.390 e. The molecule has 0 amide bonds. The number of benzene rings is 1. The molecule has 1 aliphatic rings. The fourth-order valence-electron chi connectivity index (χ4n) is 2.08. The van der Waals surface area contributed by atoms with Crippen LogP contribution in [0.5, 0.6) is 0 Å². The molecule has 1 aromatic rings. The maximum Gasteiger partial charge on any atom is 0.0886 e. The van der Waals surface area contributed by atoms with Crippen molar-refractivity contribution in [1.29, 1.82) is 0 Å². The highest BCUT2D eigenvalue weighted by molar-refractivity contribution is 5.13. The molecule has 0 aromatic heterocycles. The second-order valence-corrected chi connectivity index (χ2v) is 4.18. The third-order valence-electron chi connectivity index (χ3n) is 3.03. The predicted octanol–water partition coefficient (Wildman–Crippen LogP) is 2.41. The van der Waals surface area contributed by atoms with E-state index in [1.165, 1.54) is 0 Å². The van der Waals surface area contributed by atoms with Crippen LogP contribution in [0, 0.1) is 0 Å². The van der Waals surface area contributed by atoms with Gasteiger partial charge in [0.25, 0.3) is 0 Å². The summed E-state index contributed by atoms with van der Waals surface area (Å²) in [6, 6.07) is 9.46. The van der Waals surface area contributed by atoms with E-state index in [0.29, 0.717) is 13.0 Å². The summed E-state index contributed by atoms with van der Waals surface area (Å²) in [5.74, 6) is 0. The molecule has 1 N–H and O–H groups in total. The van der Waals surface area contributed by atoms with Crippen LogP contribution in [0.4, 0.5) is 0 Å². The van der Waals surface area contributed by atoms with Gasteiger partial charge >= 0.3 is 0 Å². The lowest BCUT2D eigenvalue weighted by Gasteiger charge is -2.17. The average molecular weight is 233 g/mol. The number of aliphatic hydroxyl groups excluding tert-OH is 1. The zero-order valence-corrected chi connectivity index (χ0v) is 9.44. The first-order chi connectivity index (χ1) is 8.31. The van der Waals surface area contributed by atoms with Crippen LogP contribution in [0.3, 0.4) is 0 Å². The van der Waals surface area contributed by atoms with Crippen LogP contribution in [0.2, 0.25) is 0 Å². The van der Waals surface area contributed by atoms with Crippen molar-refractivity contribution in [1.82, 2.24) is 0 Å². The van der Waals surface area contributed by atoms with Crippen molar-refractivity contribution in [2.24, 2.45) is 5.11 Å². The molecular formula is C12H15N3O2. The van der Waals surface area contributed by atoms with E-state index in [-0.39, 0.29) is 12.1 Å². The van der Waals surface area contributed by atoms with Crippen molar-refractivity contribution in [3.8, 4) is 0 Å². The van der Waals surface area contributed by atoms with Gasteiger partial charge in [0.05, 0.1) is 24.9 Å². The molecule has 0 radical (unpaired) electrons. The summed E-state index contributed by atoms with van der Waals surface area (Å²) in [4.78, 5) is 2.73. The zero-order chi connectivity index (χ0) is 12.1. The predicted molar refractivity (Wildman–Crippen MR) is 63.2 cm³/mol. The van der Waals surface area contributed by atoms with Crippen molar-refractivity contribution < 1.29 is 9.84 Å². The summed E-state index contributed by atoms with van der Waals surface area (Å²) in [5, 5.41) is 13.4. The first kappa shape index (κ1) is 11.9. The Morgan fingerprint density at radius 3 is 2.82 bits per heavy atom. The van der Waals surface area contributed by atoms with Gasteiger partial charge in [-0.2, -0.15) is 0 Å². The summed E-state index contributed by atoms with van der Waals surface area (Å²) in [6.45, 7) is 0.478. The molecule has 0 bridgehead atoms. The number of nitrogens with zero attached hydrogens (tertiary/aromatic N) is 3. The van der Waals surface area contributed by atoms with Gasteiger partial charge in [0.15, 0.2) is 0 Å². The first-order valence-corrected chi connectivity index (χ1v) is 5.69. The third kappa shape index (κ3) is 2.97. The Hall–Kier alpha value is -1.55. The summed E-state index contributed by atoms with van der Waals surface area (Å²) in [5.41, 5.74) is 9.42. The highest BCUT2D eigenvalue weighted by Gasteiger charge is 2.34. The zero-order valence-electron chi connectivity index (χ0n) is 9.44.